The van der Waals surface area contributed by atoms with Crippen LogP contribution in [-0.4, -0.2) is 59.6 Å². The molecular formula is C26H50O5. The van der Waals surface area contributed by atoms with Gasteiger partial charge in [-0.25, -0.2) is 0 Å². The van der Waals surface area contributed by atoms with Gasteiger partial charge in [0.2, 0.25) is 0 Å². The second-order valence-corrected chi connectivity index (χ2v) is 9.09. The third-order valence-corrected chi connectivity index (χ3v) is 6.22. The zero-order valence-electron chi connectivity index (χ0n) is 20.1. The van der Waals surface area contributed by atoms with E-state index in [4.69, 9.17) is 9.47 Å². The Hall–Kier alpha value is -0.460. The molecular weight excluding hydrogens is 392 g/mol. The van der Waals surface area contributed by atoms with E-state index in [2.05, 4.69) is 19.1 Å². The molecule has 5 nitrogen and oxygen atoms in total. The van der Waals surface area contributed by atoms with E-state index in [1.165, 1.54) is 89.9 Å². The van der Waals surface area contributed by atoms with Crippen LogP contribution in [0.3, 0.4) is 0 Å². The van der Waals surface area contributed by atoms with Crippen LogP contribution in [0.25, 0.3) is 0 Å². The van der Waals surface area contributed by atoms with E-state index in [0.29, 0.717) is 6.61 Å². The van der Waals surface area contributed by atoms with E-state index in [9.17, 15) is 15.3 Å². The molecule has 1 aliphatic heterocycles. The van der Waals surface area contributed by atoms with Gasteiger partial charge in [0.25, 0.3) is 0 Å². The van der Waals surface area contributed by atoms with Crippen molar-refractivity contribution >= 4 is 0 Å². The van der Waals surface area contributed by atoms with Crippen LogP contribution in [0.1, 0.15) is 110 Å². The van der Waals surface area contributed by atoms with Crippen molar-refractivity contribution in [2.45, 2.75) is 134 Å². The van der Waals surface area contributed by atoms with Crippen molar-refractivity contribution in [1.82, 2.24) is 0 Å². The zero-order valence-corrected chi connectivity index (χ0v) is 20.1. The van der Waals surface area contributed by atoms with E-state index in [-0.39, 0.29) is 13.2 Å². The molecule has 31 heavy (non-hydrogen) atoms. The smallest absolute Gasteiger partial charge is 0.114 e. The summed E-state index contributed by atoms with van der Waals surface area (Å²) in [6, 6.07) is 0. The third-order valence-electron chi connectivity index (χ3n) is 6.22. The third kappa shape index (κ3) is 14.3. The molecule has 0 aromatic heterocycles. The van der Waals surface area contributed by atoms with Gasteiger partial charge < -0.3 is 24.8 Å². The van der Waals surface area contributed by atoms with Gasteiger partial charge >= 0.3 is 0 Å². The van der Waals surface area contributed by atoms with Gasteiger partial charge in [0.05, 0.1) is 13.2 Å². The Morgan fingerprint density at radius 3 is 1.81 bits per heavy atom. The molecule has 1 rings (SSSR count). The maximum absolute atomic E-state index is 9.85. The Morgan fingerprint density at radius 1 is 0.806 bits per heavy atom. The van der Waals surface area contributed by atoms with Crippen molar-refractivity contribution in [3.63, 3.8) is 0 Å². The quantitative estimate of drug-likeness (QED) is 0.166. The van der Waals surface area contributed by atoms with Crippen molar-refractivity contribution in [1.29, 1.82) is 0 Å². The molecule has 0 unspecified atom stereocenters. The van der Waals surface area contributed by atoms with E-state index in [1.807, 2.05) is 0 Å². The molecule has 0 aliphatic carbocycles. The van der Waals surface area contributed by atoms with E-state index in [1.54, 1.807) is 0 Å². The number of hydrogen-bond acceptors (Lipinski definition) is 5. The first-order valence-corrected chi connectivity index (χ1v) is 13.1. The molecule has 1 saturated heterocycles. The minimum Gasteiger partial charge on any atom is -0.394 e. The summed E-state index contributed by atoms with van der Waals surface area (Å²) >= 11 is 0. The lowest BCUT2D eigenvalue weighted by atomic mass is 10.1. The zero-order chi connectivity index (χ0) is 22.6. The highest BCUT2D eigenvalue weighted by Crippen LogP contribution is 2.20. The minimum absolute atomic E-state index is 0.0988. The Labute approximate surface area is 191 Å². The van der Waals surface area contributed by atoms with Gasteiger partial charge in [-0.2, -0.15) is 0 Å². The Bertz CT molecular complexity index is 415. The first-order chi connectivity index (χ1) is 15.2. The highest BCUT2D eigenvalue weighted by molar-refractivity contribution is 4.88. The number of aliphatic hydroxyl groups excluding tert-OH is 3. The number of unbranched alkanes of at least 4 members (excludes halogenated alkanes) is 14. The molecule has 1 fully saturated rings. The monoisotopic (exact) mass is 442 g/mol. The van der Waals surface area contributed by atoms with Crippen molar-refractivity contribution in [2.75, 3.05) is 19.8 Å². The van der Waals surface area contributed by atoms with E-state index in [0.717, 1.165) is 12.8 Å². The molecule has 0 bridgehead atoms. The average Bonchev–Trinajstić information content (AvgIpc) is 3.11. The van der Waals surface area contributed by atoms with E-state index < -0.39 is 24.4 Å². The first-order valence-electron chi connectivity index (χ1n) is 13.1. The van der Waals surface area contributed by atoms with Crippen molar-refractivity contribution in [3.05, 3.63) is 12.2 Å². The van der Waals surface area contributed by atoms with Gasteiger partial charge in [0.15, 0.2) is 0 Å². The van der Waals surface area contributed by atoms with Crippen LogP contribution in [-0.2, 0) is 9.47 Å². The van der Waals surface area contributed by atoms with Crippen LogP contribution in [0.2, 0.25) is 0 Å². The minimum atomic E-state index is -0.978. The summed E-state index contributed by atoms with van der Waals surface area (Å²) in [5.41, 5.74) is 0. The maximum atomic E-state index is 9.85. The van der Waals surface area contributed by atoms with Gasteiger partial charge in [0.1, 0.15) is 24.4 Å². The maximum Gasteiger partial charge on any atom is 0.114 e. The van der Waals surface area contributed by atoms with Gasteiger partial charge in [-0.05, 0) is 32.1 Å². The molecule has 0 spiro atoms. The fourth-order valence-electron chi connectivity index (χ4n) is 4.14. The van der Waals surface area contributed by atoms with Gasteiger partial charge in [-0.1, -0.05) is 89.7 Å². The average molecular weight is 443 g/mol. The summed E-state index contributed by atoms with van der Waals surface area (Å²) < 4.78 is 11.0. The van der Waals surface area contributed by atoms with Crippen LogP contribution < -0.4 is 0 Å². The largest absolute Gasteiger partial charge is 0.394 e. The molecule has 0 radical (unpaired) electrons. The number of aliphatic hydroxyl groups is 3. The molecule has 4 atom stereocenters. The lowest BCUT2D eigenvalue weighted by molar-refractivity contribution is -0.101. The second-order valence-electron chi connectivity index (χ2n) is 9.09. The summed E-state index contributed by atoms with van der Waals surface area (Å²) in [5.74, 6) is 0. The molecule has 5 heteroatoms. The van der Waals surface area contributed by atoms with Crippen LogP contribution in [0.15, 0.2) is 12.2 Å². The van der Waals surface area contributed by atoms with Crippen LogP contribution in [0, 0.1) is 0 Å². The number of ether oxygens (including phenoxy) is 2. The van der Waals surface area contributed by atoms with Gasteiger partial charge in [-0.15, -0.1) is 0 Å². The lowest BCUT2D eigenvalue weighted by Crippen LogP contribution is -2.42. The van der Waals surface area contributed by atoms with E-state index >= 15 is 0 Å². The normalized spacial score (nSPS) is 22.5. The highest BCUT2D eigenvalue weighted by Gasteiger charge is 2.40. The first kappa shape index (κ1) is 28.6. The molecule has 0 amide bonds. The fourth-order valence-corrected chi connectivity index (χ4v) is 4.14. The topological polar surface area (TPSA) is 79.2 Å². The molecule has 0 saturated carbocycles. The fraction of sp³-hybridized carbons (Fsp3) is 0.923. The van der Waals surface area contributed by atoms with Crippen molar-refractivity contribution in [2.24, 2.45) is 0 Å². The SMILES string of the molecule is CCCCCCC/C=C/CCCCCCCCCCCO[C@@H](CO)[C@H]1OC[C@@H](O)[C@H]1O. The van der Waals surface area contributed by atoms with Gasteiger partial charge in [-0.3, -0.25) is 0 Å². The second kappa shape index (κ2) is 20.2. The number of allylic oxidation sites excluding steroid dienone is 2. The summed E-state index contributed by atoms with van der Waals surface area (Å²) in [6.45, 7) is 2.71. The summed E-state index contributed by atoms with van der Waals surface area (Å²) in [5, 5.41) is 28.8. The summed E-state index contributed by atoms with van der Waals surface area (Å²) in [6.07, 6.45) is 22.3. The van der Waals surface area contributed by atoms with Crippen molar-refractivity contribution < 1.29 is 24.8 Å². The predicted octanol–water partition coefficient (Wildman–Crippen LogP) is 5.30. The van der Waals surface area contributed by atoms with Gasteiger partial charge in [0, 0.05) is 6.61 Å². The summed E-state index contributed by atoms with van der Waals surface area (Å²) in [7, 11) is 0. The Morgan fingerprint density at radius 2 is 1.32 bits per heavy atom. The number of hydrogen-bond donors (Lipinski definition) is 3. The van der Waals surface area contributed by atoms with Crippen LogP contribution in [0.4, 0.5) is 0 Å². The molecule has 0 aromatic carbocycles. The predicted molar refractivity (Wildman–Crippen MR) is 127 cm³/mol. The Balaban J connectivity index is 1.81. The van der Waals surface area contributed by atoms with Crippen molar-refractivity contribution in [3.8, 4) is 0 Å². The molecule has 3 N–H and O–H groups in total. The lowest BCUT2D eigenvalue weighted by Gasteiger charge is -2.24. The molecule has 1 heterocycles. The molecule has 1 aliphatic rings. The highest BCUT2D eigenvalue weighted by atomic mass is 16.6. The van der Waals surface area contributed by atoms with Crippen LogP contribution in [0.5, 0.6) is 0 Å². The molecule has 184 valence electrons. The molecule has 0 aromatic rings. The summed E-state index contributed by atoms with van der Waals surface area (Å²) in [4.78, 5) is 0. The standard InChI is InChI=1S/C26H50O5/c1-2-3-4-5-6-7-8-9-10-11-12-13-14-15-16-17-18-19-20-30-24(21-27)26-25(29)23(28)22-31-26/h8-9,23-29H,2-7,10-22H2,1H3/b9-8+/t23-,24+,25-,26-/m1/s1. The Kier molecular flexibility index (Phi) is 18.6. The number of rotatable bonds is 21. The van der Waals surface area contributed by atoms with Crippen LogP contribution >= 0.6 is 0 Å².